The van der Waals surface area contributed by atoms with Crippen molar-refractivity contribution in [2.24, 2.45) is 5.92 Å². The van der Waals surface area contributed by atoms with Gasteiger partial charge in [0.15, 0.2) is 0 Å². The Labute approximate surface area is 161 Å². The molecule has 5 nitrogen and oxygen atoms in total. The number of carbonyl (C=O) groups is 2. The Bertz CT molecular complexity index is 752. The van der Waals surface area contributed by atoms with Gasteiger partial charge in [-0.3, -0.25) is 20.4 Å². The van der Waals surface area contributed by atoms with Crippen LogP contribution in [0.4, 0.5) is 0 Å². The maximum absolute atomic E-state index is 12.3. The van der Waals surface area contributed by atoms with E-state index in [4.69, 9.17) is 4.74 Å². The van der Waals surface area contributed by atoms with Crippen LogP contribution in [0.2, 0.25) is 0 Å². The zero-order chi connectivity index (χ0) is 19.8. The van der Waals surface area contributed by atoms with Crippen molar-refractivity contribution in [1.82, 2.24) is 10.9 Å². The van der Waals surface area contributed by atoms with Gasteiger partial charge in [0.2, 0.25) is 11.8 Å². The molecular formula is C22H28N2O3. The molecule has 2 aromatic rings. The van der Waals surface area contributed by atoms with Crippen LogP contribution in [-0.2, 0) is 22.4 Å². The summed E-state index contributed by atoms with van der Waals surface area (Å²) in [6.45, 7) is 6.18. The number of amides is 2. The number of carbonyl (C=O) groups excluding carboxylic acids is 2. The number of benzene rings is 2. The Morgan fingerprint density at radius 3 is 2.04 bits per heavy atom. The molecule has 0 saturated carbocycles. The van der Waals surface area contributed by atoms with Gasteiger partial charge in [0, 0.05) is 0 Å². The predicted molar refractivity (Wildman–Crippen MR) is 106 cm³/mol. The van der Waals surface area contributed by atoms with Gasteiger partial charge >= 0.3 is 0 Å². The van der Waals surface area contributed by atoms with Crippen molar-refractivity contribution in [2.75, 3.05) is 7.11 Å². The lowest BCUT2D eigenvalue weighted by molar-refractivity contribution is -0.129. The molecule has 1 unspecified atom stereocenters. The van der Waals surface area contributed by atoms with Crippen molar-refractivity contribution >= 4 is 11.8 Å². The van der Waals surface area contributed by atoms with Gasteiger partial charge in [-0.2, -0.15) is 0 Å². The van der Waals surface area contributed by atoms with E-state index in [9.17, 15) is 9.59 Å². The Morgan fingerprint density at radius 2 is 1.48 bits per heavy atom. The lowest BCUT2D eigenvalue weighted by atomic mass is 9.96. The molecule has 0 spiro atoms. The van der Waals surface area contributed by atoms with E-state index in [1.165, 1.54) is 5.56 Å². The van der Waals surface area contributed by atoms with E-state index in [0.29, 0.717) is 5.92 Å². The molecule has 144 valence electrons. The van der Waals surface area contributed by atoms with Crippen molar-refractivity contribution in [3.63, 3.8) is 0 Å². The number of rotatable bonds is 7. The third-order valence-corrected chi connectivity index (χ3v) is 4.37. The summed E-state index contributed by atoms with van der Waals surface area (Å²) in [5.41, 5.74) is 8.01. The first-order valence-corrected chi connectivity index (χ1v) is 9.19. The highest BCUT2D eigenvalue weighted by atomic mass is 16.5. The molecule has 0 radical (unpaired) electrons. The lowest BCUT2D eigenvalue weighted by Crippen LogP contribution is -2.44. The van der Waals surface area contributed by atoms with Crippen LogP contribution in [-0.4, -0.2) is 18.9 Å². The number of hydrogen-bond donors (Lipinski definition) is 2. The van der Waals surface area contributed by atoms with Crippen molar-refractivity contribution in [2.45, 2.75) is 39.5 Å². The van der Waals surface area contributed by atoms with Crippen LogP contribution in [0.15, 0.2) is 48.5 Å². The number of hydrazine groups is 1. The van der Waals surface area contributed by atoms with Crippen LogP contribution in [0.5, 0.6) is 5.75 Å². The quantitative estimate of drug-likeness (QED) is 0.736. The van der Waals surface area contributed by atoms with Crippen LogP contribution in [0.3, 0.4) is 0 Å². The Hall–Kier alpha value is -2.82. The fraction of sp³-hybridized carbons (Fsp3) is 0.364. The molecule has 2 N–H and O–H groups in total. The average molecular weight is 368 g/mol. The summed E-state index contributed by atoms with van der Waals surface area (Å²) in [5.74, 6) is 0.472. The summed E-state index contributed by atoms with van der Waals surface area (Å²) < 4.78 is 5.09. The summed E-state index contributed by atoms with van der Waals surface area (Å²) in [4.78, 5) is 24.3. The third kappa shape index (κ3) is 6.44. The van der Waals surface area contributed by atoms with Crippen molar-refractivity contribution < 1.29 is 14.3 Å². The van der Waals surface area contributed by atoms with Gasteiger partial charge in [0.25, 0.3) is 0 Å². The van der Waals surface area contributed by atoms with E-state index in [0.717, 1.165) is 23.3 Å². The highest BCUT2D eigenvalue weighted by molar-refractivity contribution is 5.86. The fourth-order valence-electron chi connectivity index (χ4n) is 2.78. The Morgan fingerprint density at radius 1 is 0.889 bits per heavy atom. The van der Waals surface area contributed by atoms with Gasteiger partial charge < -0.3 is 4.74 Å². The minimum absolute atomic E-state index is 0.183. The second-order valence-corrected chi connectivity index (χ2v) is 7.12. The molecule has 0 aliphatic heterocycles. The van der Waals surface area contributed by atoms with E-state index in [2.05, 4.69) is 36.8 Å². The standard InChI is InChI=1S/C22H28N2O3/c1-15(2)13-17-5-9-19(10-6-17)16(3)22(26)24-23-21(25)14-18-7-11-20(27-4)12-8-18/h5-12,15-16H,13-14H2,1-4H3,(H,23,25)(H,24,26). The molecule has 0 aromatic heterocycles. The first-order valence-electron chi connectivity index (χ1n) is 9.19. The maximum Gasteiger partial charge on any atom is 0.245 e. The molecule has 5 heteroatoms. The van der Waals surface area contributed by atoms with E-state index >= 15 is 0 Å². The average Bonchev–Trinajstić information content (AvgIpc) is 2.66. The van der Waals surface area contributed by atoms with Crippen molar-refractivity contribution in [3.8, 4) is 5.75 Å². The van der Waals surface area contributed by atoms with Gasteiger partial charge in [0.1, 0.15) is 5.75 Å². The predicted octanol–water partition coefficient (Wildman–Crippen LogP) is 3.39. The van der Waals surface area contributed by atoms with Gasteiger partial charge in [-0.1, -0.05) is 50.2 Å². The summed E-state index contributed by atoms with van der Waals surface area (Å²) in [6.07, 6.45) is 1.20. The molecule has 0 bridgehead atoms. The molecule has 2 aromatic carbocycles. The molecule has 27 heavy (non-hydrogen) atoms. The first kappa shape index (κ1) is 20.5. The third-order valence-electron chi connectivity index (χ3n) is 4.37. The van der Waals surface area contributed by atoms with Crippen molar-refractivity contribution in [1.29, 1.82) is 0 Å². The van der Waals surface area contributed by atoms with Crippen LogP contribution >= 0.6 is 0 Å². The van der Waals surface area contributed by atoms with E-state index in [1.807, 2.05) is 31.2 Å². The van der Waals surface area contributed by atoms with Gasteiger partial charge in [-0.15, -0.1) is 0 Å². The molecule has 0 aliphatic carbocycles. The summed E-state index contributed by atoms with van der Waals surface area (Å²) in [7, 11) is 1.59. The number of nitrogens with one attached hydrogen (secondary N) is 2. The zero-order valence-electron chi connectivity index (χ0n) is 16.4. The highest BCUT2D eigenvalue weighted by Gasteiger charge is 2.16. The van der Waals surface area contributed by atoms with Crippen LogP contribution in [0.25, 0.3) is 0 Å². The minimum atomic E-state index is -0.348. The van der Waals surface area contributed by atoms with Crippen LogP contribution < -0.4 is 15.6 Å². The van der Waals surface area contributed by atoms with E-state index in [-0.39, 0.29) is 24.2 Å². The molecular weight excluding hydrogens is 340 g/mol. The number of hydrogen-bond acceptors (Lipinski definition) is 3. The molecule has 0 aliphatic rings. The topological polar surface area (TPSA) is 67.4 Å². The highest BCUT2D eigenvalue weighted by Crippen LogP contribution is 2.17. The normalized spacial score (nSPS) is 11.7. The molecule has 2 amide bonds. The summed E-state index contributed by atoms with van der Waals surface area (Å²) in [6, 6.07) is 15.3. The van der Waals surface area contributed by atoms with E-state index in [1.54, 1.807) is 19.2 Å². The van der Waals surface area contributed by atoms with Crippen LogP contribution in [0.1, 0.15) is 43.4 Å². The largest absolute Gasteiger partial charge is 0.497 e. The van der Waals surface area contributed by atoms with Gasteiger partial charge in [0.05, 0.1) is 19.4 Å². The minimum Gasteiger partial charge on any atom is -0.497 e. The molecule has 1 atom stereocenters. The molecule has 0 heterocycles. The smallest absolute Gasteiger partial charge is 0.245 e. The maximum atomic E-state index is 12.3. The molecule has 2 rings (SSSR count). The summed E-state index contributed by atoms with van der Waals surface area (Å²) >= 11 is 0. The molecule has 0 saturated heterocycles. The van der Waals surface area contributed by atoms with E-state index < -0.39 is 0 Å². The van der Waals surface area contributed by atoms with Crippen molar-refractivity contribution in [3.05, 3.63) is 65.2 Å². The van der Waals surface area contributed by atoms with Gasteiger partial charge in [-0.05, 0) is 48.1 Å². The summed E-state index contributed by atoms with van der Waals surface area (Å²) in [5, 5.41) is 0. The fourth-order valence-corrected chi connectivity index (χ4v) is 2.78. The Kier molecular flexibility index (Phi) is 7.41. The number of methoxy groups -OCH3 is 1. The monoisotopic (exact) mass is 368 g/mol. The van der Waals surface area contributed by atoms with Crippen LogP contribution in [0, 0.1) is 5.92 Å². The SMILES string of the molecule is COc1ccc(CC(=O)NNC(=O)C(C)c2ccc(CC(C)C)cc2)cc1. The lowest BCUT2D eigenvalue weighted by Gasteiger charge is -2.14. The van der Waals surface area contributed by atoms with Gasteiger partial charge in [-0.25, -0.2) is 0 Å². The first-order chi connectivity index (χ1) is 12.9. The number of ether oxygens (including phenoxy) is 1. The Balaban J connectivity index is 1.83. The zero-order valence-corrected chi connectivity index (χ0v) is 16.4. The molecule has 0 fully saturated rings. The second kappa shape index (κ2) is 9.76. The second-order valence-electron chi connectivity index (χ2n) is 7.12.